The van der Waals surface area contributed by atoms with Crippen LogP contribution in [0.4, 0.5) is 0 Å². The molecule has 26 heavy (non-hydrogen) atoms. The summed E-state index contributed by atoms with van der Waals surface area (Å²) < 4.78 is 1.43. The molecule has 0 nitrogen and oxygen atoms in total. The summed E-state index contributed by atoms with van der Waals surface area (Å²) in [5.74, 6) is 0.435. The van der Waals surface area contributed by atoms with E-state index in [1.807, 2.05) is 11.3 Å². The molecule has 0 bridgehead atoms. The van der Waals surface area contributed by atoms with E-state index in [9.17, 15) is 0 Å². The Balaban J connectivity index is 1.68. The van der Waals surface area contributed by atoms with E-state index >= 15 is 0 Å². The van der Waals surface area contributed by atoms with Crippen LogP contribution in [-0.4, -0.2) is 0 Å². The minimum atomic E-state index is 0.435. The van der Waals surface area contributed by atoms with Crippen molar-refractivity contribution in [1.82, 2.24) is 0 Å². The van der Waals surface area contributed by atoms with Crippen LogP contribution in [0.25, 0.3) is 21.7 Å². The first kappa shape index (κ1) is 16.1. The van der Waals surface area contributed by atoms with Crippen LogP contribution in [0.15, 0.2) is 46.9 Å². The van der Waals surface area contributed by atoms with Gasteiger partial charge in [-0.1, -0.05) is 42.3 Å². The summed E-state index contributed by atoms with van der Waals surface area (Å²) in [6, 6.07) is 11.6. The van der Waals surface area contributed by atoms with Crippen molar-refractivity contribution >= 4 is 33.1 Å². The fourth-order valence-corrected chi connectivity index (χ4v) is 5.97. The molecule has 1 heteroatoms. The van der Waals surface area contributed by atoms with E-state index < -0.39 is 0 Å². The Morgan fingerprint density at radius 2 is 1.88 bits per heavy atom. The van der Waals surface area contributed by atoms with Gasteiger partial charge in [0.1, 0.15) is 0 Å². The lowest BCUT2D eigenvalue weighted by Gasteiger charge is -2.20. The Bertz CT molecular complexity index is 1120. The lowest BCUT2D eigenvalue weighted by atomic mass is 9.84. The van der Waals surface area contributed by atoms with Gasteiger partial charge in [-0.25, -0.2) is 0 Å². The van der Waals surface area contributed by atoms with Crippen molar-refractivity contribution in [3.63, 3.8) is 0 Å². The molecular weight excluding hydrogens is 332 g/mol. The van der Waals surface area contributed by atoms with E-state index in [4.69, 9.17) is 0 Å². The molecule has 2 aliphatic rings. The number of rotatable bonds is 2. The largest absolute Gasteiger partial charge is 0.144 e. The second kappa shape index (κ2) is 5.69. The van der Waals surface area contributed by atoms with Gasteiger partial charge in [0.2, 0.25) is 0 Å². The molecule has 130 valence electrons. The van der Waals surface area contributed by atoms with Gasteiger partial charge < -0.3 is 0 Å². The molecule has 0 aliphatic heterocycles. The molecule has 0 saturated carbocycles. The molecule has 0 radical (unpaired) electrons. The number of allylic oxidation sites excluding steroid dienone is 3. The first-order valence-electron chi connectivity index (χ1n) is 9.53. The molecule has 0 saturated heterocycles. The zero-order valence-electron chi connectivity index (χ0n) is 15.9. The summed E-state index contributed by atoms with van der Waals surface area (Å²) >= 11 is 1.87. The smallest absolute Gasteiger partial charge is 0.0351 e. The van der Waals surface area contributed by atoms with Gasteiger partial charge in [-0.2, -0.15) is 0 Å². The summed E-state index contributed by atoms with van der Waals surface area (Å²) in [4.78, 5) is 0. The van der Waals surface area contributed by atoms with E-state index in [0.29, 0.717) is 5.92 Å². The predicted octanol–water partition coefficient (Wildman–Crippen LogP) is 7.30. The van der Waals surface area contributed by atoms with Crippen LogP contribution < -0.4 is 0 Å². The molecule has 3 aromatic rings. The monoisotopic (exact) mass is 356 g/mol. The zero-order valence-corrected chi connectivity index (χ0v) is 16.8. The molecule has 2 aromatic carbocycles. The third-order valence-electron chi connectivity index (χ3n) is 6.33. The van der Waals surface area contributed by atoms with Gasteiger partial charge in [-0.15, -0.1) is 11.3 Å². The maximum absolute atomic E-state index is 2.45. The highest BCUT2D eigenvalue weighted by atomic mass is 32.1. The van der Waals surface area contributed by atoms with E-state index in [2.05, 4.69) is 69.5 Å². The van der Waals surface area contributed by atoms with Gasteiger partial charge in [-0.3, -0.25) is 0 Å². The van der Waals surface area contributed by atoms with Crippen molar-refractivity contribution in [1.29, 1.82) is 0 Å². The number of benzene rings is 2. The van der Waals surface area contributed by atoms with Crippen molar-refractivity contribution in [2.45, 2.75) is 46.5 Å². The zero-order chi connectivity index (χ0) is 18.0. The normalized spacial score (nSPS) is 16.8. The highest BCUT2D eigenvalue weighted by molar-refractivity contribution is 7.17. The highest BCUT2D eigenvalue weighted by Gasteiger charge is 2.28. The molecule has 0 amide bonds. The first-order valence-corrected chi connectivity index (χ1v) is 10.4. The summed E-state index contributed by atoms with van der Waals surface area (Å²) in [6.07, 6.45) is 4.62. The van der Waals surface area contributed by atoms with Crippen LogP contribution in [0.3, 0.4) is 0 Å². The Labute approximate surface area is 159 Å². The molecule has 5 rings (SSSR count). The van der Waals surface area contributed by atoms with Crippen molar-refractivity contribution in [3.05, 3.63) is 80.2 Å². The summed E-state index contributed by atoms with van der Waals surface area (Å²) in [7, 11) is 0. The lowest BCUT2D eigenvalue weighted by Crippen LogP contribution is -2.01. The van der Waals surface area contributed by atoms with Gasteiger partial charge >= 0.3 is 0 Å². The Kier molecular flexibility index (Phi) is 3.52. The fourth-order valence-electron chi connectivity index (χ4n) is 5.08. The van der Waals surface area contributed by atoms with Crippen LogP contribution in [0, 0.1) is 6.92 Å². The summed E-state index contributed by atoms with van der Waals surface area (Å²) in [5.41, 5.74) is 13.6. The number of fused-ring (bicyclic) bond motifs is 3. The fraction of sp³-hybridized carbons (Fsp3) is 0.280. The predicted molar refractivity (Wildman–Crippen MR) is 115 cm³/mol. The van der Waals surface area contributed by atoms with Crippen LogP contribution in [-0.2, 0) is 12.8 Å². The van der Waals surface area contributed by atoms with Gasteiger partial charge in [-0.05, 0) is 95.5 Å². The Morgan fingerprint density at radius 3 is 2.73 bits per heavy atom. The van der Waals surface area contributed by atoms with Crippen molar-refractivity contribution in [2.75, 3.05) is 0 Å². The van der Waals surface area contributed by atoms with Gasteiger partial charge in [0.25, 0.3) is 0 Å². The van der Waals surface area contributed by atoms with Crippen molar-refractivity contribution < 1.29 is 0 Å². The van der Waals surface area contributed by atoms with Gasteiger partial charge in [0, 0.05) is 10.6 Å². The van der Waals surface area contributed by atoms with Crippen molar-refractivity contribution in [2.24, 2.45) is 0 Å². The average Bonchev–Trinajstić information content (AvgIpc) is 3.30. The minimum Gasteiger partial charge on any atom is -0.144 e. The van der Waals surface area contributed by atoms with Crippen LogP contribution in [0.5, 0.6) is 0 Å². The number of thiophene rings is 1. The average molecular weight is 357 g/mol. The Hall–Kier alpha value is -2.12. The number of hydrogen-bond donors (Lipinski definition) is 0. The maximum atomic E-state index is 2.45. The second-order valence-corrected chi connectivity index (χ2v) is 8.99. The van der Waals surface area contributed by atoms with Crippen LogP contribution in [0.1, 0.15) is 60.1 Å². The topological polar surface area (TPSA) is 0 Å². The number of hydrogen-bond acceptors (Lipinski definition) is 1. The van der Waals surface area contributed by atoms with Crippen molar-refractivity contribution in [3.8, 4) is 0 Å². The van der Waals surface area contributed by atoms with E-state index in [1.165, 1.54) is 43.5 Å². The molecule has 2 aliphatic carbocycles. The summed E-state index contributed by atoms with van der Waals surface area (Å²) in [5, 5.41) is 3.67. The molecular formula is C25H24S. The maximum Gasteiger partial charge on any atom is 0.0351 e. The number of aryl methyl sites for hydroxylation is 1. The minimum absolute atomic E-state index is 0.435. The van der Waals surface area contributed by atoms with E-state index in [0.717, 1.165) is 12.8 Å². The first-order chi connectivity index (χ1) is 12.5. The Morgan fingerprint density at radius 1 is 1.04 bits per heavy atom. The molecule has 0 fully saturated rings. The lowest BCUT2D eigenvalue weighted by molar-refractivity contribution is 0.974. The molecule has 0 N–H and O–H groups in total. The molecule has 1 atom stereocenters. The standard InChI is InChI=1S/C25H24S/c1-14-10-18-6-5-7-19(22(18)11-14)17(4)25-15(2)12-21-16(3)20-8-9-26-24(20)13-23(21)25/h5-9,11,13,17H,10,12H2,1-4H3. The van der Waals surface area contributed by atoms with Crippen LogP contribution in [0.2, 0.25) is 0 Å². The van der Waals surface area contributed by atoms with Crippen LogP contribution >= 0.6 is 11.3 Å². The third-order valence-corrected chi connectivity index (χ3v) is 7.20. The van der Waals surface area contributed by atoms with E-state index in [1.54, 1.807) is 16.7 Å². The van der Waals surface area contributed by atoms with E-state index in [-0.39, 0.29) is 0 Å². The SMILES string of the molecule is CC1=Cc2c(cccc2C(C)C2=C(C)Cc3c2cc2sccc2c3C)C1. The highest BCUT2D eigenvalue weighted by Crippen LogP contribution is 2.47. The second-order valence-electron chi connectivity index (χ2n) is 8.04. The third kappa shape index (κ3) is 2.20. The molecule has 1 aromatic heterocycles. The molecule has 1 heterocycles. The summed E-state index contributed by atoms with van der Waals surface area (Å²) in [6.45, 7) is 9.30. The van der Waals surface area contributed by atoms with Gasteiger partial charge in [0.15, 0.2) is 0 Å². The quantitative estimate of drug-likeness (QED) is 0.452. The molecule has 0 spiro atoms. The van der Waals surface area contributed by atoms with Gasteiger partial charge in [0.05, 0.1) is 0 Å². The molecule has 1 unspecified atom stereocenters.